The van der Waals surface area contributed by atoms with Crippen LogP contribution in [-0.4, -0.2) is 29.7 Å². The Labute approximate surface area is 146 Å². The van der Waals surface area contributed by atoms with E-state index in [1.807, 2.05) is 0 Å². The Balaban J connectivity index is 1.65. The highest BCUT2D eigenvalue weighted by atomic mass is 19.4. The van der Waals surface area contributed by atoms with Gasteiger partial charge in [0.2, 0.25) is 0 Å². The highest BCUT2D eigenvalue weighted by Gasteiger charge is 2.37. The lowest BCUT2D eigenvalue weighted by molar-refractivity contribution is -0.153. The van der Waals surface area contributed by atoms with Crippen molar-refractivity contribution in [3.8, 4) is 5.75 Å². The zero-order chi connectivity index (χ0) is 18.9. The molecule has 0 unspecified atom stereocenters. The minimum Gasteiger partial charge on any atom is -0.483 e. The molecular formula is C17H15F4N3O2. The van der Waals surface area contributed by atoms with Gasteiger partial charge in [0.1, 0.15) is 17.3 Å². The second kappa shape index (κ2) is 6.91. The van der Waals surface area contributed by atoms with Crippen LogP contribution >= 0.6 is 0 Å². The molecule has 1 aliphatic carbocycles. The van der Waals surface area contributed by atoms with Crippen LogP contribution in [0.3, 0.4) is 0 Å². The molecule has 0 bridgehead atoms. The number of alkyl halides is 3. The summed E-state index contributed by atoms with van der Waals surface area (Å²) in [5.41, 5.74) is 6.54. The molecule has 0 saturated heterocycles. The molecule has 9 heteroatoms. The number of amides is 1. The molecule has 1 aliphatic rings. The number of carbonyl (C=O) groups excluding carboxylic acids is 1. The Morgan fingerprint density at radius 1 is 1.31 bits per heavy atom. The number of nitrogens with zero attached hydrogens (tertiary/aromatic N) is 1. The quantitative estimate of drug-likeness (QED) is 0.794. The van der Waals surface area contributed by atoms with Gasteiger partial charge in [0.25, 0.3) is 5.91 Å². The minimum absolute atomic E-state index is 0.0154. The van der Waals surface area contributed by atoms with Crippen LogP contribution in [0.25, 0.3) is 0 Å². The van der Waals surface area contributed by atoms with E-state index in [-0.39, 0.29) is 29.2 Å². The number of halogens is 4. The number of hydrogen-bond acceptors (Lipinski definition) is 4. The number of pyridine rings is 1. The van der Waals surface area contributed by atoms with E-state index in [1.54, 1.807) is 0 Å². The van der Waals surface area contributed by atoms with Gasteiger partial charge in [-0.3, -0.25) is 4.79 Å². The second-order valence-electron chi connectivity index (χ2n) is 5.98. The molecule has 5 nitrogen and oxygen atoms in total. The van der Waals surface area contributed by atoms with E-state index >= 15 is 0 Å². The van der Waals surface area contributed by atoms with Gasteiger partial charge < -0.3 is 15.8 Å². The van der Waals surface area contributed by atoms with Crippen LogP contribution in [0, 0.1) is 5.82 Å². The van der Waals surface area contributed by atoms with Crippen LogP contribution in [0.15, 0.2) is 36.5 Å². The highest BCUT2D eigenvalue weighted by Crippen LogP contribution is 2.41. The monoisotopic (exact) mass is 369 g/mol. The average Bonchev–Trinajstić information content (AvgIpc) is 3.31. The van der Waals surface area contributed by atoms with Crippen molar-refractivity contribution < 1.29 is 27.1 Å². The normalized spacial score (nSPS) is 19.1. The lowest BCUT2D eigenvalue weighted by Gasteiger charge is -2.10. The summed E-state index contributed by atoms with van der Waals surface area (Å²) in [4.78, 5) is 16.0. The lowest BCUT2D eigenvalue weighted by atomic mass is 10.1. The average molecular weight is 369 g/mol. The Kier molecular flexibility index (Phi) is 4.82. The molecule has 0 spiro atoms. The van der Waals surface area contributed by atoms with Gasteiger partial charge in [-0.25, -0.2) is 9.37 Å². The minimum atomic E-state index is -4.46. The van der Waals surface area contributed by atoms with Crippen molar-refractivity contribution in [3.63, 3.8) is 0 Å². The van der Waals surface area contributed by atoms with Crippen molar-refractivity contribution >= 4 is 11.6 Å². The summed E-state index contributed by atoms with van der Waals surface area (Å²) < 4.78 is 54.6. The molecule has 3 rings (SSSR count). The number of hydrogen-bond donors (Lipinski definition) is 2. The van der Waals surface area contributed by atoms with Gasteiger partial charge in [-0.1, -0.05) is 0 Å². The van der Waals surface area contributed by atoms with Crippen molar-refractivity contribution in [3.05, 3.63) is 53.6 Å². The predicted molar refractivity (Wildman–Crippen MR) is 85.5 cm³/mol. The zero-order valence-electron chi connectivity index (χ0n) is 13.4. The van der Waals surface area contributed by atoms with E-state index in [0.29, 0.717) is 17.7 Å². The highest BCUT2D eigenvalue weighted by molar-refractivity contribution is 6.02. The van der Waals surface area contributed by atoms with Gasteiger partial charge >= 0.3 is 6.18 Å². The van der Waals surface area contributed by atoms with Crippen molar-refractivity contribution in [2.24, 2.45) is 5.73 Å². The molecule has 1 aromatic carbocycles. The van der Waals surface area contributed by atoms with Crippen molar-refractivity contribution in [1.82, 2.24) is 4.98 Å². The Morgan fingerprint density at radius 2 is 2.04 bits per heavy atom. The van der Waals surface area contributed by atoms with E-state index < -0.39 is 18.7 Å². The van der Waals surface area contributed by atoms with E-state index in [4.69, 9.17) is 5.73 Å². The zero-order valence-corrected chi connectivity index (χ0v) is 13.4. The maximum absolute atomic E-state index is 13.8. The molecule has 26 heavy (non-hydrogen) atoms. The van der Waals surface area contributed by atoms with Gasteiger partial charge in [-0.2, -0.15) is 13.2 Å². The number of anilines is 1. The van der Waals surface area contributed by atoms with Crippen molar-refractivity contribution in [1.29, 1.82) is 0 Å². The number of carbonyl (C=O) groups is 1. The molecule has 0 radical (unpaired) electrons. The van der Waals surface area contributed by atoms with Crippen molar-refractivity contribution in [2.45, 2.75) is 24.6 Å². The third kappa shape index (κ3) is 4.48. The van der Waals surface area contributed by atoms with Crippen LogP contribution in [-0.2, 0) is 0 Å². The van der Waals surface area contributed by atoms with Crippen LogP contribution in [0.2, 0.25) is 0 Å². The largest absolute Gasteiger partial charge is 0.483 e. The third-order valence-electron chi connectivity index (χ3n) is 3.86. The molecule has 1 aromatic heterocycles. The molecule has 3 N–H and O–H groups in total. The SMILES string of the molecule is N[C@@H]1C[C@@H]1c1cc(NC(=O)c2ccc(OCC(F)(F)F)cn2)ccc1F. The molecule has 1 fully saturated rings. The Morgan fingerprint density at radius 3 is 2.62 bits per heavy atom. The van der Waals surface area contributed by atoms with E-state index in [9.17, 15) is 22.4 Å². The van der Waals surface area contributed by atoms with Gasteiger partial charge in [-0.05, 0) is 42.3 Å². The summed E-state index contributed by atoms with van der Waals surface area (Å²) in [6, 6.07) is 6.55. The van der Waals surface area contributed by atoms with Gasteiger partial charge in [-0.15, -0.1) is 0 Å². The number of rotatable bonds is 5. The van der Waals surface area contributed by atoms with Crippen LogP contribution in [0.5, 0.6) is 5.75 Å². The first kappa shape index (κ1) is 18.1. The van der Waals surface area contributed by atoms with E-state index in [1.165, 1.54) is 30.3 Å². The molecule has 2 aromatic rings. The summed E-state index contributed by atoms with van der Waals surface area (Å²) in [6.45, 7) is -1.44. The number of nitrogens with one attached hydrogen (secondary N) is 1. The predicted octanol–water partition coefficient (Wildman–Crippen LogP) is 3.23. The Hall–Kier alpha value is -2.68. The summed E-state index contributed by atoms with van der Waals surface area (Å²) in [7, 11) is 0. The summed E-state index contributed by atoms with van der Waals surface area (Å²) in [6.07, 6.45) is -2.74. The van der Waals surface area contributed by atoms with E-state index in [0.717, 1.165) is 6.20 Å². The smallest absolute Gasteiger partial charge is 0.422 e. The molecule has 1 amide bonds. The first-order valence-corrected chi connectivity index (χ1v) is 7.75. The molecule has 1 heterocycles. The fraction of sp³-hybridized carbons (Fsp3) is 0.294. The van der Waals surface area contributed by atoms with E-state index in [2.05, 4.69) is 15.0 Å². The van der Waals surface area contributed by atoms with Crippen molar-refractivity contribution in [2.75, 3.05) is 11.9 Å². The summed E-state index contributed by atoms with van der Waals surface area (Å²) in [5, 5.41) is 2.57. The molecular weight excluding hydrogens is 354 g/mol. The first-order valence-electron chi connectivity index (χ1n) is 7.75. The lowest BCUT2D eigenvalue weighted by Crippen LogP contribution is -2.19. The van der Waals surface area contributed by atoms with Crippen LogP contribution < -0.4 is 15.8 Å². The Bertz CT molecular complexity index is 809. The van der Waals surface area contributed by atoms with Gasteiger partial charge in [0.05, 0.1) is 6.20 Å². The standard InChI is InChI=1S/C17H15F4N3O2/c18-13-3-1-9(5-11(13)12-6-14(12)22)24-16(25)15-4-2-10(7-23-15)26-8-17(19,20)21/h1-5,7,12,14H,6,8,22H2,(H,24,25)/t12-,14-/m1/s1. The molecule has 138 valence electrons. The van der Waals surface area contributed by atoms with Crippen LogP contribution in [0.1, 0.15) is 28.4 Å². The maximum Gasteiger partial charge on any atom is 0.422 e. The molecule has 1 saturated carbocycles. The van der Waals surface area contributed by atoms with Gasteiger partial charge in [0, 0.05) is 17.6 Å². The fourth-order valence-corrected chi connectivity index (χ4v) is 2.44. The molecule has 0 aliphatic heterocycles. The first-order chi connectivity index (χ1) is 12.2. The number of nitrogens with two attached hydrogens (primary N) is 1. The number of benzene rings is 1. The fourth-order valence-electron chi connectivity index (χ4n) is 2.44. The van der Waals surface area contributed by atoms with Gasteiger partial charge in [0.15, 0.2) is 6.61 Å². The third-order valence-corrected chi connectivity index (χ3v) is 3.86. The molecule has 2 atom stereocenters. The maximum atomic E-state index is 13.8. The number of aromatic nitrogens is 1. The van der Waals surface area contributed by atoms with Crippen LogP contribution in [0.4, 0.5) is 23.2 Å². The second-order valence-corrected chi connectivity index (χ2v) is 5.98. The number of ether oxygens (including phenoxy) is 1. The summed E-state index contributed by atoms with van der Waals surface area (Å²) >= 11 is 0. The topological polar surface area (TPSA) is 77.2 Å². The summed E-state index contributed by atoms with van der Waals surface area (Å²) in [5.74, 6) is -1.13.